The van der Waals surface area contributed by atoms with E-state index in [0.717, 1.165) is 33.9 Å². The third kappa shape index (κ3) is 4.34. The number of nitrogens with zero attached hydrogens (tertiary/aromatic N) is 1. The van der Waals surface area contributed by atoms with Gasteiger partial charge in [0, 0.05) is 17.3 Å². The van der Waals surface area contributed by atoms with Gasteiger partial charge in [0.15, 0.2) is 23.0 Å². The lowest BCUT2D eigenvalue weighted by Gasteiger charge is -2.32. The lowest BCUT2D eigenvalue weighted by Crippen LogP contribution is -2.25. The third-order valence-electron chi connectivity index (χ3n) is 11.9. The summed E-state index contributed by atoms with van der Waals surface area (Å²) in [5.74, 6) is 2.80. The summed E-state index contributed by atoms with van der Waals surface area (Å²) in [5, 5.41) is 2.38. The molecule has 0 bridgehead atoms. The zero-order chi connectivity index (χ0) is 36.8. The van der Waals surface area contributed by atoms with Crippen LogP contribution in [0.1, 0.15) is 22.3 Å². The van der Waals surface area contributed by atoms with Gasteiger partial charge in [-0.1, -0.05) is 152 Å². The number of benzene rings is 9. The van der Waals surface area contributed by atoms with Crippen LogP contribution in [0.25, 0.3) is 44.2 Å². The van der Waals surface area contributed by atoms with Crippen LogP contribution >= 0.6 is 0 Å². The summed E-state index contributed by atoms with van der Waals surface area (Å²) in [6, 6.07) is 71.7. The molecule has 9 aromatic rings. The van der Waals surface area contributed by atoms with E-state index in [4.69, 9.17) is 9.47 Å². The Bertz CT molecular complexity index is 3010. The highest BCUT2D eigenvalue weighted by atomic mass is 16.6. The van der Waals surface area contributed by atoms with Crippen molar-refractivity contribution in [1.29, 1.82) is 0 Å². The van der Waals surface area contributed by atoms with Crippen LogP contribution in [0.15, 0.2) is 200 Å². The van der Waals surface area contributed by atoms with Crippen LogP contribution in [-0.2, 0) is 5.41 Å². The van der Waals surface area contributed by atoms with Gasteiger partial charge in [-0.25, -0.2) is 0 Å². The Balaban J connectivity index is 1.02. The second-order valence-corrected chi connectivity index (χ2v) is 14.8. The Hall–Kier alpha value is -7.36. The molecule has 3 nitrogen and oxygen atoms in total. The maximum atomic E-state index is 6.98. The van der Waals surface area contributed by atoms with Gasteiger partial charge in [-0.2, -0.15) is 0 Å². The Morgan fingerprint density at radius 3 is 1.57 bits per heavy atom. The van der Waals surface area contributed by atoms with Crippen LogP contribution in [0.3, 0.4) is 0 Å². The maximum absolute atomic E-state index is 6.98. The van der Waals surface area contributed by atoms with Gasteiger partial charge in [-0.3, -0.25) is 0 Å². The van der Waals surface area contributed by atoms with E-state index in [1.807, 2.05) is 6.07 Å². The molecule has 0 saturated heterocycles. The average Bonchev–Trinajstić information content (AvgIpc) is 3.72. The zero-order valence-electron chi connectivity index (χ0n) is 30.3. The van der Waals surface area contributed by atoms with Crippen LogP contribution in [0, 0.1) is 0 Å². The fourth-order valence-electron chi connectivity index (χ4n) is 9.57. The molecule has 12 rings (SSSR count). The van der Waals surface area contributed by atoms with Crippen LogP contribution < -0.4 is 14.4 Å². The number of anilines is 3. The second kappa shape index (κ2) is 11.8. The fourth-order valence-corrected chi connectivity index (χ4v) is 9.57. The Morgan fingerprint density at radius 1 is 0.321 bits per heavy atom. The van der Waals surface area contributed by atoms with E-state index >= 15 is 0 Å². The first-order valence-electron chi connectivity index (χ1n) is 19.2. The Kier molecular flexibility index (Phi) is 6.55. The van der Waals surface area contributed by atoms with E-state index in [-0.39, 0.29) is 0 Å². The molecule has 56 heavy (non-hydrogen) atoms. The van der Waals surface area contributed by atoms with Gasteiger partial charge in [-0.15, -0.1) is 0 Å². The van der Waals surface area contributed by atoms with Gasteiger partial charge in [0.25, 0.3) is 0 Å². The first-order chi connectivity index (χ1) is 27.8. The summed E-state index contributed by atoms with van der Waals surface area (Å²) in [7, 11) is 0. The summed E-state index contributed by atoms with van der Waals surface area (Å²) in [6.07, 6.45) is 0. The van der Waals surface area contributed by atoms with Crippen LogP contribution in [-0.4, -0.2) is 0 Å². The Morgan fingerprint density at radius 2 is 0.839 bits per heavy atom. The fraction of sp³-hybridized carbons (Fsp3) is 0.0189. The number of ether oxygens (including phenoxy) is 2. The van der Waals surface area contributed by atoms with Gasteiger partial charge in [0.1, 0.15) is 0 Å². The van der Waals surface area contributed by atoms with Crippen molar-refractivity contribution < 1.29 is 9.47 Å². The SMILES string of the molecule is c1ccc(-c2ccccc2N(c2ccc3c(c2)Oc2cc4c(cc2O3)-c2ccccc2C42c3ccccc3-c3ccccc32)c2ccc3ccccc3c2)cc1. The van der Waals surface area contributed by atoms with Crippen molar-refractivity contribution in [2.75, 3.05) is 4.90 Å². The molecule has 262 valence electrons. The van der Waals surface area contributed by atoms with Crippen molar-refractivity contribution in [2.24, 2.45) is 0 Å². The molecule has 1 aliphatic heterocycles. The quantitative estimate of drug-likeness (QED) is 0.181. The smallest absolute Gasteiger partial charge is 0.172 e. The lowest BCUT2D eigenvalue weighted by atomic mass is 9.70. The highest BCUT2D eigenvalue weighted by molar-refractivity contribution is 5.97. The van der Waals surface area contributed by atoms with Crippen LogP contribution in [0.2, 0.25) is 0 Å². The van der Waals surface area contributed by atoms with Crippen molar-refractivity contribution >= 4 is 27.8 Å². The summed E-state index contributed by atoms with van der Waals surface area (Å²) >= 11 is 0. The van der Waals surface area contributed by atoms with E-state index in [2.05, 4.69) is 199 Å². The molecule has 0 fully saturated rings. The molecule has 0 aromatic heterocycles. The van der Waals surface area contributed by atoms with E-state index < -0.39 is 5.41 Å². The molecule has 0 atom stereocenters. The maximum Gasteiger partial charge on any atom is 0.172 e. The Labute approximate surface area is 325 Å². The topological polar surface area (TPSA) is 21.7 Å². The molecule has 3 heteroatoms. The average molecular weight is 716 g/mol. The van der Waals surface area contributed by atoms with Gasteiger partial charge < -0.3 is 14.4 Å². The molecule has 0 unspecified atom stereocenters. The number of fused-ring (bicyclic) bond motifs is 13. The van der Waals surface area contributed by atoms with Crippen molar-refractivity contribution in [1.82, 2.24) is 0 Å². The lowest BCUT2D eigenvalue weighted by molar-refractivity contribution is 0.359. The zero-order valence-corrected chi connectivity index (χ0v) is 30.3. The van der Waals surface area contributed by atoms with E-state index in [0.29, 0.717) is 17.2 Å². The molecule has 1 heterocycles. The minimum Gasteiger partial charge on any atom is -0.449 e. The summed E-state index contributed by atoms with van der Waals surface area (Å²) in [6.45, 7) is 0. The molecule has 0 radical (unpaired) electrons. The van der Waals surface area contributed by atoms with Gasteiger partial charge in [0.2, 0.25) is 0 Å². The first-order valence-corrected chi connectivity index (χ1v) is 19.2. The third-order valence-corrected chi connectivity index (χ3v) is 11.9. The molecular weight excluding hydrogens is 683 g/mol. The second-order valence-electron chi connectivity index (χ2n) is 14.8. The summed E-state index contributed by atoms with van der Waals surface area (Å²) in [5.41, 5.74) is 15.0. The van der Waals surface area contributed by atoms with E-state index in [9.17, 15) is 0 Å². The van der Waals surface area contributed by atoms with Crippen LogP contribution in [0.4, 0.5) is 17.1 Å². The van der Waals surface area contributed by atoms with Crippen molar-refractivity contribution in [3.05, 3.63) is 222 Å². The van der Waals surface area contributed by atoms with Gasteiger partial charge in [-0.05, 0) is 103 Å². The molecule has 0 amide bonds. The van der Waals surface area contributed by atoms with Gasteiger partial charge >= 0.3 is 0 Å². The van der Waals surface area contributed by atoms with Crippen molar-refractivity contribution in [2.45, 2.75) is 5.41 Å². The first kappa shape index (κ1) is 31.0. The predicted octanol–water partition coefficient (Wildman–Crippen LogP) is 14.2. The monoisotopic (exact) mass is 715 g/mol. The predicted molar refractivity (Wildman–Crippen MR) is 227 cm³/mol. The van der Waals surface area contributed by atoms with Gasteiger partial charge in [0.05, 0.1) is 16.8 Å². The van der Waals surface area contributed by atoms with E-state index in [1.54, 1.807) is 0 Å². The largest absolute Gasteiger partial charge is 0.449 e. The molecule has 9 aromatic carbocycles. The molecule has 3 aliphatic rings. The molecule has 0 saturated carbocycles. The number of hydrogen-bond acceptors (Lipinski definition) is 3. The van der Waals surface area contributed by atoms with Crippen molar-refractivity contribution in [3.63, 3.8) is 0 Å². The summed E-state index contributed by atoms with van der Waals surface area (Å²) in [4.78, 5) is 2.33. The summed E-state index contributed by atoms with van der Waals surface area (Å²) < 4.78 is 13.7. The molecule has 0 N–H and O–H groups in total. The normalized spacial score (nSPS) is 13.4. The highest BCUT2D eigenvalue weighted by Gasteiger charge is 2.52. The number of hydrogen-bond donors (Lipinski definition) is 0. The molecule has 2 aliphatic carbocycles. The molecule has 1 spiro atoms. The minimum absolute atomic E-state index is 0.465. The van der Waals surface area contributed by atoms with E-state index in [1.165, 1.54) is 55.3 Å². The number of para-hydroxylation sites is 1. The number of rotatable bonds is 4. The van der Waals surface area contributed by atoms with Crippen molar-refractivity contribution in [3.8, 4) is 56.4 Å². The molecular formula is C53H33NO2. The van der Waals surface area contributed by atoms with Crippen LogP contribution in [0.5, 0.6) is 23.0 Å². The highest BCUT2D eigenvalue weighted by Crippen LogP contribution is 2.64. The minimum atomic E-state index is -0.465. The standard InChI is InChI=1S/C53H33NO2/c1-2-15-35(16-3-1)39-18-9-13-25-48(39)54(37-27-26-34-14-4-5-17-36(34)30-37)38-28-29-49-50(31-38)56-52-33-47-43(32-51(52)55-49)42-21-8-12-24-46(42)53(47)44-22-10-6-19-40(44)41-20-7-11-23-45(41)53/h1-33H.